The van der Waals surface area contributed by atoms with Crippen LogP contribution in [0.1, 0.15) is 43.0 Å². The van der Waals surface area contributed by atoms with E-state index in [-0.39, 0.29) is 36.0 Å². The third-order valence-corrected chi connectivity index (χ3v) is 9.52. The highest BCUT2D eigenvalue weighted by Gasteiger charge is 2.29. The lowest BCUT2D eigenvalue weighted by Gasteiger charge is -2.33. The number of aromatic nitrogens is 2. The van der Waals surface area contributed by atoms with Crippen LogP contribution in [0.25, 0.3) is 22.2 Å². The van der Waals surface area contributed by atoms with E-state index in [1.54, 1.807) is 24.9 Å². The van der Waals surface area contributed by atoms with Gasteiger partial charge in [-0.2, -0.15) is 0 Å². The minimum atomic E-state index is -0.325. The van der Waals surface area contributed by atoms with E-state index in [0.717, 1.165) is 57.9 Å². The molecular weight excluding hydrogens is 577 g/mol. The second kappa shape index (κ2) is 13.5. The molecule has 2 aliphatic rings. The van der Waals surface area contributed by atoms with Gasteiger partial charge in [0.05, 0.1) is 17.0 Å². The molecule has 0 radical (unpaired) electrons. The number of hydrogen-bond donors (Lipinski definition) is 2. The summed E-state index contributed by atoms with van der Waals surface area (Å²) in [7, 11) is 1.68. The number of imidazole rings is 1. The number of fused-ring (bicyclic) bond motifs is 2. The molecule has 10 heteroatoms. The van der Waals surface area contributed by atoms with Gasteiger partial charge >= 0.3 is 0 Å². The van der Waals surface area contributed by atoms with E-state index in [9.17, 15) is 14.0 Å². The summed E-state index contributed by atoms with van der Waals surface area (Å²) in [6.07, 6.45) is 3.42. The van der Waals surface area contributed by atoms with E-state index < -0.39 is 0 Å². The molecule has 0 bridgehead atoms. The van der Waals surface area contributed by atoms with Crippen LogP contribution in [-0.2, 0) is 27.3 Å². The highest BCUT2D eigenvalue weighted by Crippen LogP contribution is 2.35. The average molecular weight is 616 g/mol. The number of carbonyl (C=O) groups is 2. The van der Waals surface area contributed by atoms with E-state index in [1.807, 2.05) is 23.1 Å². The number of likely N-dealkylation sites (tertiary alicyclic amines) is 1. The molecule has 3 aromatic carbocycles. The molecule has 230 valence electrons. The summed E-state index contributed by atoms with van der Waals surface area (Å²) in [6, 6.07) is 19.1. The third-order valence-electron chi connectivity index (χ3n) is 8.47. The Morgan fingerprint density at radius 2 is 2.00 bits per heavy atom. The SMILES string of the molecule is COCCCn1c(C2CCCN(C(=O)CC(N)Cc3ccc(-c4ccc5c(c4)SCC(=O)N5)cc3)C2)nc2c(F)cccc21. The number of rotatable bonds is 10. The molecular formula is C34H38FN5O3S. The zero-order chi connectivity index (χ0) is 30.6. The highest BCUT2D eigenvalue weighted by molar-refractivity contribution is 8.00. The fourth-order valence-corrected chi connectivity index (χ4v) is 7.12. The predicted molar refractivity (Wildman–Crippen MR) is 172 cm³/mol. The van der Waals surface area contributed by atoms with Crippen LogP contribution in [0.3, 0.4) is 0 Å². The second-order valence-corrected chi connectivity index (χ2v) is 12.7. The van der Waals surface area contributed by atoms with Crippen LogP contribution in [0.2, 0.25) is 0 Å². The van der Waals surface area contributed by atoms with Crippen molar-refractivity contribution in [2.75, 3.05) is 37.9 Å². The van der Waals surface area contributed by atoms with Crippen molar-refractivity contribution in [1.29, 1.82) is 0 Å². The van der Waals surface area contributed by atoms with E-state index >= 15 is 0 Å². The van der Waals surface area contributed by atoms with Crippen LogP contribution >= 0.6 is 11.8 Å². The number of anilines is 1. The molecule has 0 spiro atoms. The van der Waals surface area contributed by atoms with Crippen molar-refractivity contribution in [1.82, 2.24) is 14.5 Å². The number of aryl methyl sites for hydroxylation is 1. The Bertz CT molecular complexity index is 1660. The number of carbonyl (C=O) groups excluding carboxylic acids is 2. The van der Waals surface area contributed by atoms with Crippen LogP contribution in [0, 0.1) is 5.82 Å². The molecule has 1 aromatic heterocycles. The molecule has 6 rings (SSSR count). The van der Waals surface area contributed by atoms with Gasteiger partial charge in [0.15, 0.2) is 5.82 Å². The summed E-state index contributed by atoms with van der Waals surface area (Å²) in [6.45, 7) is 2.54. The Labute approximate surface area is 261 Å². The molecule has 1 fully saturated rings. The lowest BCUT2D eigenvalue weighted by Crippen LogP contribution is -2.42. The lowest BCUT2D eigenvalue weighted by atomic mass is 9.95. The number of benzene rings is 3. The maximum absolute atomic E-state index is 14.7. The number of para-hydroxylation sites is 1. The molecule has 2 amide bonds. The molecule has 44 heavy (non-hydrogen) atoms. The van der Waals surface area contributed by atoms with Crippen molar-refractivity contribution < 1.29 is 18.7 Å². The summed E-state index contributed by atoms with van der Waals surface area (Å²) < 4.78 is 22.0. The zero-order valence-electron chi connectivity index (χ0n) is 24.9. The smallest absolute Gasteiger partial charge is 0.234 e. The van der Waals surface area contributed by atoms with E-state index in [4.69, 9.17) is 15.5 Å². The Kier molecular flexibility index (Phi) is 9.30. The van der Waals surface area contributed by atoms with Crippen molar-refractivity contribution >= 4 is 40.3 Å². The normalized spacial score (nSPS) is 17.4. The Balaban J connectivity index is 1.08. The fourth-order valence-electron chi connectivity index (χ4n) is 6.27. The summed E-state index contributed by atoms with van der Waals surface area (Å²) in [5.41, 5.74) is 11.8. The molecule has 0 saturated carbocycles. The van der Waals surface area contributed by atoms with Gasteiger partial charge in [0.2, 0.25) is 11.8 Å². The molecule has 3 heterocycles. The maximum atomic E-state index is 14.7. The van der Waals surface area contributed by atoms with E-state index in [1.165, 1.54) is 6.07 Å². The maximum Gasteiger partial charge on any atom is 0.234 e. The summed E-state index contributed by atoms with van der Waals surface area (Å²) in [5.74, 6) is 1.05. The largest absolute Gasteiger partial charge is 0.385 e. The van der Waals surface area contributed by atoms with Gasteiger partial charge in [0.1, 0.15) is 11.3 Å². The number of methoxy groups -OCH3 is 1. The summed E-state index contributed by atoms with van der Waals surface area (Å²) in [5, 5.41) is 2.91. The number of thioether (sulfide) groups is 1. The molecule has 2 aliphatic heterocycles. The van der Waals surface area contributed by atoms with Crippen LogP contribution in [0.15, 0.2) is 65.6 Å². The highest BCUT2D eigenvalue weighted by atomic mass is 32.2. The predicted octanol–water partition coefficient (Wildman–Crippen LogP) is 5.59. The number of piperidine rings is 1. The van der Waals surface area contributed by atoms with Crippen molar-refractivity contribution in [2.24, 2.45) is 5.73 Å². The van der Waals surface area contributed by atoms with Gasteiger partial charge in [-0.3, -0.25) is 9.59 Å². The van der Waals surface area contributed by atoms with Gasteiger partial charge in [-0.25, -0.2) is 9.37 Å². The van der Waals surface area contributed by atoms with Gasteiger partial charge in [-0.1, -0.05) is 36.4 Å². The Morgan fingerprint density at radius 3 is 2.82 bits per heavy atom. The standard InChI is InChI=1S/C34H38FN5O3S/c1-43-16-4-15-40-29-7-2-6-27(35)33(29)38-34(40)25-5-3-14-39(20-25)32(42)19-26(36)17-22-8-10-23(11-9-22)24-12-13-28-30(18-24)44-21-31(41)37-28/h2,6-13,18,25-26H,3-5,14-17,19-21,36H2,1H3,(H,37,41). The van der Waals surface area contributed by atoms with Crippen molar-refractivity contribution in [3.05, 3.63) is 77.9 Å². The first-order chi connectivity index (χ1) is 21.4. The lowest BCUT2D eigenvalue weighted by molar-refractivity contribution is -0.132. The molecule has 0 aliphatic carbocycles. The third kappa shape index (κ3) is 6.67. The molecule has 2 atom stereocenters. The van der Waals surface area contributed by atoms with Gasteiger partial charge in [0, 0.05) is 56.6 Å². The Hall–Kier alpha value is -3.73. The molecule has 3 N–H and O–H groups in total. The molecule has 8 nitrogen and oxygen atoms in total. The number of amides is 2. The van der Waals surface area contributed by atoms with Crippen LogP contribution < -0.4 is 11.1 Å². The first-order valence-corrected chi connectivity index (χ1v) is 16.2. The van der Waals surface area contributed by atoms with Gasteiger partial charge in [-0.05, 0) is 66.6 Å². The van der Waals surface area contributed by atoms with Crippen LogP contribution in [0.5, 0.6) is 0 Å². The first kappa shape index (κ1) is 30.3. The first-order valence-electron chi connectivity index (χ1n) is 15.2. The quantitative estimate of drug-likeness (QED) is 0.226. The Morgan fingerprint density at radius 1 is 1.18 bits per heavy atom. The van der Waals surface area contributed by atoms with E-state index in [2.05, 4.69) is 40.2 Å². The van der Waals surface area contributed by atoms with Crippen LogP contribution in [0.4, 0.5) is 10.1 Å². The number of nitrogens with two attached hydrogens (primary N) is 1. The summed E-state index contributed by atoms with van der Waals surface area (Å²) in [4.78, 5) is 32.8. The molecule has 2 unspecified atom stereocenters. The van der Waals surface area contributed by atoms with Crippen molar-refractivity contribution in [3.63, 3.8) is 0 Å². The number of hydrogen-bond acceptors (Lipinski definition) is 6. The van der Waals surface area contributed by atoms with Crippen molar-refractivity contribution in [2.45, 2.75) is 55.5 Å². The average Bonchev–Trinajstić information content (AvgIpc) is 3.41. The minimum Gasteiger partial charge on any atom is -0.385 e. The monoisotopic (exact) mass is 615 g/mol. The minimum absolute atomic E-state index is 0.0285. The summed E-state index contributed by atoms with van der Waals surface area (Å²) >= 11 is 1.55. The van der Waals surface area contributed by atoms with Gasteiger partial charge < -0.3 is 25.3 Å². The van der Waals surface area contributed by atoms with Gasteiger partial charge in [0.25, 0.3) is 0 Å². The molecule has 1 saturated heterocycles. The molecule has 4 aromatic rings. The van der Waals surface area contributed by atoms with Crippen LogP contribution in [-0.4, -0.2) is 64.9 Å². The topological polar surface area (TPSA) is 102 Å². The van der Waals surface area contributed by atoms with E-state index in [0.29, 0.717) is 43.9 Å². The van der Waals surface area contributed by atoms with Crippen molar-refractivity contribution in [3.8, 4) is 11.1 Å². The zero-order valence-corrected chi connectivity index (χ0v) is 25.7. The number of nitrogens with zero attached hydrogens (tertiary/aromatic N) is 3. The fraction of sp³-hybridized carbons (Fsp3) is 0.382. The van der Waals surface area contributed by atoms with Gasteiger partial charge in [-0.15, -0.1) is 11.8 Å². The number of halogens is 1. The second-order valence-electron chi connectivity index (χ2n) is 11.7. The number of nitrogens with one attached hydrogen (secondary N) is 1. The number of ether oxygens (including phenoxy) is 1.